The molecule has 0 bridgehead atoms. The van der Waals surface area contributed by atoms with E-state index in [1.165, 1.54) is 0 Å². The Labute approximate surface area is 184 Å². The molecule has 0 aliphatic carbocycles. The minimum atomic E-state index is -1.42. The summed E-state index contributed by atoms with van der Waals surface area (Å²) in [6.45, 7) is 0.569. The number of amides is 3. The van der Waals surface area contributed by atoms with Gasteiger partial charge in [-0.1, -0.05) is 48.5 Å². The zero-order valence-electron chi connectivity index (χ0n) is 17.0. The predicted octanol–water partition coefficient (Wildman–Crippen LogP) is 2.74. The summed E-state index contributed by atoms with van der Waals surface area (Å²) in [7, 11) is 0. The first kappa shape index (κ1) is 19.7. The SMILES string of the molecule is O=C(NC(=O)C1N=C(c2ccccc2)c2ccccc2NC1=O)c1ccc2c(c1)CCO2. The average molecular weight is 425 g/mol. The van der Waals surface area contributed by atoms with E-state index in [1.54, 1.807) is 30.3 Å². The van der Waals surface area contributed by atoms with Crippen molar-refractivity contribution in [3.8, 4) is 5.75 Å². The van der Waals surface area contributed by atoms with E-state index in [2.05, 4.69) is 15.6 Å². The third-order valence-corrected chi connectivity index (χ3v) is 5.43. The van der Waals surface area contributed by atoms with Gasteiger partial charge < -0.3 is 10.1 Å². The number of hydrogen-bond acceptors (Lipinski definition) is 5. The van der Waals surface area contributed by atoms with Crippen LogP contribution in [0.5, 0.6) is 5.75 Å². The molecule has 1 unspecified atom stereocenters. The number of benzodiazepines with no additional fused rings is 1. The zero-order chi connectivity index (χ0) is 22.1. The van der Waals surface area contributed by atoms with Gasteiger partial charge in [-0.05, 0) is 29.8 Å². The first-order chi connectivity index (χ1) is 15.6. The van der Waals surface area contributed by atoms with E-state index in [9.17, 15) is 14.4 Å². The molecule has 2 N–H and O–H groups in total. The monoisotopic (exact) mass is 425 g/mol. The highest BCUT2D eigenvalue weighted by molar-refractivity contribution is 6.24. The highest BCUT2D eigenvalue weighted by Crippen LogP contribution is 2.26. The summed E-state index contributed by atoms with van der Waals surface area (Å²) in [5.41, 5.74) is 3.76. The molecule has 5 rings (SSSR count). The van der Waals surface area contributed by atoms with Crippen molar-refractivity contribution < 1.29 is 19.1 Å². The maximum atomic E-state index is 13.0. The summed E-state index contributed by atoms with van der Waals surface area (Å²) in [6, 6.07) is 20.1. The van der Waals surface area contributed by atoms with E-state index in [4.69, 9.17) is 4.74 Å². The van der Waals surface area contributed by atoms with Crippen LogP contribution in [0.2, 0.25) is 0 Å². The molecule has 0 spiro atoms. The molecule has 3 aromatic carbocycles. The molecule has 0 aromatic heterocycles. The zero-order valence-corrected chi connectivity index (χ0v) is 17.0. The second-order valence-electron chi connectivity index (χ2n) is 7.52. The molecular formula is C25H19N3O4. The number of carbonyl (C=O) groups is 3. The molecule has 2 aliphatic rings. The summed E-state index contributed by atoms with van der Waals surface area (Å²) in [5.74, 6) is -1.23. The van der Waals surface area contributed by atoms with E-state index < -0.39 is 23.8 Å². The van der Waals surface area contributed by atoms with Crippen molar-refractivity contribution in [1.82, 2.24) is 5.32 Å². The Morgan fingerprint density at radius 2 is 1.78 bits per heavy atom. The number of imide groups is 1. The Balaban J connectivity index is 1.46. The first-order valence-corrected chi connectivity index (χ1v) is 10.2. The van der Waals surface area contributed by atoms with Crippen LogP contribution < -0.4 is 15.4 Å². The Morgan fingerprint density at radius 3 is 2.62 bits per heavy atom. The minimum Gasteiger partial charge on any atom is -0.493 e. The van der Waals surface area contributed by atoms with Crippen molar-refractivity contribution in [3.05, 3.63) is 95.1 Å². The second-order valence-corrected chi connectivity index (χ2v) is 7.52. The molecule has 0 fully saturated rings. The molecule has 0 saturated carbocycles. The largest absolute Gasteiger partial charge is 0.493 e. The van der Waals surface area contributed by atoms with E-state index in [0.29, 0.717) is 35.6 Å². The van der Waals surface area contributed by atoms with Crippen molar-refractivity contribution >= 4 is 29.1 Å². The van der Waals surface area contributed by atoms with Crippen LogP contribution in [0.25, 0.3) is 0 Å². The fourth-order valence-corrected chi connectivity index (χ4v) is 3.84. The van der Waals surface area contributed by atoms with Crippen LogP contribution in [0.15, 0.2) is 77.8 Å². The fraction of sp³-hybridized carbons (Fsp3) is 0.120. The number of nitrogens with one attached hydrogen (secondary N) is 2. The van der Waals surface area contributed by atoms with Gasteiger partial charge in [0.1, 0.15) is 5.75 Å². The number of hydrogen-bond donors (Lipinski definition) is 2. The molecular weight excluding hydrogens is 406 g/mol. The van der Waals surface area contributed by atoms with E-state index in [1.807, 2.05) is 42.5 Å². The molecule has 32 heavy (non-hydrogen) atoms. The lowest BCUT2D eigenvalue weighted by molar-refractivity contribution is -0.127. The van der Waals surface area contributed by atoms with Crippen LogP contribution in [0, 0.1) is 0 Å². The summed E-state index contributed by atoms with van der Waals surface area (Å²) in [6.07, 6.45) is 0.707. The molecule has 7 heteroatoms. The van der Waals surface area contributed by atoms with Crippen molar-refractivity contribution in [2.75, 3.05) is 11.9 Å². The lowest BCUT2D eigenvalue weighted by Gasteiger charge is -2.11. The van der Waals surface area contributed by atoms with Crippen molar-refractivity contribution in [2.45, 2.75) is 12.5 Å². The van der Waals surface area contributed by atoms with Gasteiger partial charge in [-0.2, -0.15) is 0 Å². The van der Waals surface area contributed by atoms with Gasteiger partial charge >= 0.3 is 0 Å². The molecule has 7 nitrogen and oxygen atoms in total. The van der Waals surface area contributed by atoms with Crippen LogP contribution >= 0.6 is 0 Å². The maximum Gasteiger partial charge on any atom is 0.261 e. The van der Waals surface area contributed by atoms with Gasteiger partial charge in [0.2, 0.25) is 6.04 Å². The highest BCUT2D eigenvalue weighted by Gasteiger charge is 2.32. The topological polar surface area (TPSA) is 96.9 Å². The summed E-state index contributed by atoms with van der Waals surface area (Å²) in [5, 5.41) is 5.09. The smallest absolute Gasteiger partial charge is 0.261 e. The molecule has 0 saturated heterocycles. The molecule has 158 valence electrons. The molecule has 3 amide bonds. The van der Waals surface area contributed by atoms with Crippen molar-refractivity contribution in [3.63, 3.8) is 0 Å². The maximum absolute atomic E-state index is 13.0. The van der Waals surface area contributed by atoms with Crippen LogP contribution in [0.4, 0.5) is 5.69 Å². The quantitative estimate of drug-likeness (QED) is 0.498. The number of nitrogens with zero attached hydrogens (tertiary/aromatic N) is 1. The summed E-state index contributed by atoms with van der Waals surface area (Å²) >= 11 is 0. The van der Waals surface area contributed by atoms with Crippen LogP contribution in [-0.4, -0.2) is 36.1 Å². The van der Waals surface area contributed by atoms with Crippen molar-refractivity contribution in [1.29, 1.82) is 0 Å². The number of ether oxygens (including phenoxy) is 1. The van der Waals surface area contributed by atoms with Gasteiger partial charge in [-0.3, -0.25) is 24.7 Å². The fourth-order valence-electron chi connectivity index (χ4n) is 3.84. The third kappa shape index (κ3) is 3.65. The number of aliphatic imine (C=N–C) groups is 1. The number of carbonyl (C=O) groups excluding carboxylic acids is 3. The van der Waals surface area contributed by atoms with E-state index >= 15 is 0 Å². The van der Waals surface area contributed by atoms with Crippen LogP contribution in [0.1, 0.15) is 27.0 Å². The average Bonchev–Trinajstić information content (AvgIpc) is 3.22. The first-order valence-electron chi connectivity index (χ1n) is 10.2. The van der Waals surface area contributed by atoms with E-state index in [0.717, 1.165) is 16.9 Å². The molecule has 2 aliphatic heterocycles. The molecule has 0 radical (unpaired) electrons. The highest BCUT2D eigenvalue weighted by atomic mass is 16.5. The number of rotatable bonds is 3. The lowest BCUT2D eigenvalue weighted by atomic mass is 10.0. The summed E-state index contributed by atoms with van der Waals surface area (Å²) < 4.78 is 5.45. The van der Waals surface area contributed by atoms with Gasteiger partial charge in [0.05, 0.1) is 18.0 Å². The Kier molecular flexibility index (Phi) is 4.99. The minimum absolute atomic E-state index is 0.326. The Morgan fingerprint density at radius 1 is 1.00 bits per heavy atom. The molecule has 1 atom stereocenters. The van der Waals surface area contributed by atoms with E-state index in [-0.39, 0.29) is 0 Å². The summed E-state index contributed by atoms with van der Waals surface area (Å²) in [4.78, 5) is 43.0. The second kappa shape index (κ2) is 8.11. The van der Waals surface area contributed by atoms with Gasteiger partial charge in [-0.15, -0.1) is 0 Å². The third-order valence-electron chi connectivity index (χ3n) is 5.43. The Hall–Kier alpha value is -4.26. The lowest BCUT2D eigenvalue weighted by Crippen LogP contribution is -2.44. The normalized spacial score (nSPS) is 16.6. The van der Waals surface area contributed by atoms with Crippen LogP contribution in [0.3, 0.4) is 0 Å². The standard InChI is InChI=1S/C25H19N3O4/c29-23(17-10-11-20-16(14-17)12-13-32-20)28-25(31)22-24(30)26-19-9-5-4-8-18(19)21(27-22)15-6-2-1-3-7-15/h1-11,14,22H,12-13H2,(H,26,30)(H,28,29,31). The number of benzene rings is 3. The van der Waals surface area contributed by atoms with Gasteiger partial charge in [-0.25, -0.2) is 0 Å². The molecule has 3 aromatic rings. The number of fused-ring (bicyclic) bond motifs is 2. The van der Waals surface area contributed by atoms with Gasteiger partial charge in [0.25, 0.3) is 17.7 Å². The van der Waals surface area contributed by atoms with Gasteiger partial charge in [0.15, 0.2) is 0 Å². The molecule has 2 heterocycles. The number of anilines is 1. The Bertz CT molecular complexity index is 1270. The van der Waals surface area contributed by atoms with Gasteiger partial charge in [0, 0.05) is 23.1 Å². The predicted molar refractivity (Wildman–Crippen MR) is 119 cm³/mol. The van der Waals surface area contributed by atoms with Crippen LogP contribution in [-0.2, 0) is 16.0 Å². The number of para-hydroxylation sites is 1. The van der Waals surface area contributed by atoms with Crippen molar-refractivity contribution in [2.24, 2.45) is 4.99 Å².